The summed E-state index contributed by atoms with van der Waals surface area (Å²) in [4.78, 5) is 14.0. The maximum Gasteiger partial charge on any atom is 0.230 e. The molecule has 0 radical (unpaired) electrons. The molecule has 2 heterocycles. The number of rotatable bonds is 2. The molecule has 78 valence electrons. The fourth-order valence-corrected chi connectivity index (χ4v) is 2.59. The third kappa shape index (κ3) is 1.46. The molecular formula is C11H18N2O. The standard InChI is InChI=1S/C11H18N2O/c1-2-7-13-8-5-11(10(13)14)4-3-6-12-9-11/h2,12H,1,3-9H2/t11-/m1/s1. The number of nitrogens with one attached hydrogen (secondary N) is 1. The van der Waals surface area contributed by atoms with E-state index in [-0.39, 0.29) is 5.41 Å². The van der Waals surface area contributed by atoms with Gasteiger partial charge < -0.3 is 10.2 Å². The van der Waals surface area contributed by atoms with Gasteiger partial charge in [-0.05, 0) is 25.8 Å². The Kier molecular flexibility index (Phi) is 2.59. The first-order valence-corrected chi connectivity index (χ1v) is 5.39. The lowest BCUT2D eigenvalue weighted by Gasteiger charge is -2.32. The monoisotopic (exact) mass is 194 g/mol. The van der Waals surface area contributed by atoms with E-state index in [2.05, 4.69) is 11.9 Å². The minimum atomic E-state index is -0.0682. The Labute approximate surface area is 85.2 Å². The lowest BCUT2D eigenvalue weighted by Crippen LogP contribution is -2.45. The van der Waals surface area contributed by atoms with Crippen LogP contribution in [0.1, 0.15) is 19.3 Å². The first-order valence-electron chi connectivity index (χ1n) is 5.39. The number of amides is 1. The van der Waals surface area contributed by atoms with Crippen molar-refractivity contribution in [1.29, 1.82) is 0 Å². The molecule has 2 aliphatic rings. The van der Waals surface area contributed by atoms with Gasteiger partial charge in [0, 0.05) is 19.6 Å². The van der Waals surface area contributed by atoms with Gasteiger partial charge in [-0.3, -0.25) is 4.79 Å². The zero-order valence-corrected chi connectivity index (χ0v) is 8.59. The van der Waals surface area contributed by atoms with Gasteiger partial charge in [-0.25, -0.2) is 0 Å². The van der Waals surface area contributed by atoms with E-state index >= 15 is 0 Å². The molecule has 2 aliphatic heterocycles. The highest BCUT2D eigenvalue weighted by atomic mass is 16.2. The van der Waals surface area contributed by atoms with Crippen molar-refractivity contribution in [3.63, 3.8) is 0 Å². The Balaban J connectivity index is 2.07. The number of hydrogen-bond acceptors (Lipinski definition) is 2. The number of carbonyl (C=O) groups is 1. The van der Waals surface area contributed by atoms with E-state index in [0.29, 0.717) is 12.5 Å². The van der Waals surface area contributed by atoms with Crippen LogP contribution in [0, 0.1) is 5.41 Å². The number of likely N-dealkylation sites (tertiary alicyclic amines) is 1. The third-order valence-corrected chi connectivity index (χ3v) is 3.42. The second kappa shape index (κ2) is 3.73. The second-order valence-corrected chi connectivity index (χ2v) is 4.35. The highest BCUT2D eigenvalue weighted by Gasteiger charge is 2.46. The van der Waals surface area contributed by atoms with Gasteiger partial charge in [-0.1, -0.05) is 6.08 Å². The maximum absolute atomic E-state index is 12.1. The van der Waals surface area contributed by atoms with E-state index in [1.54, 1.807) is 0 Å². The summed E-state index contributed by atoms with van der Waals surface area (Å²) in [6.07, 6.45) is 5.03. The maximum atomic E-state index is 12.1. The molecule has 0 saturated carbocycles. The first kappa shape index (κ1) is 9.71. The molecule has 0 aliphatic carbocycles. The van der Waals surface area contributed by atoms with Gasteiger partial charge in [0.1, 0.15) is 0 Å². The van der Waals surface area contributed by atoms with Gasteiger partial charge in [-0.15, -0.1) is 6.58 Å². The molecule has 1 N–H and O–H groups in total. The van der Waals surface area contributed by atoms with Gasteiger partial charge >= 0.3 is 0 Å². The Hall–Kier alpha value is -0.830. The minimum absolute atomic E-state index is 0.0682. The van der Waals surface area contributed by atoms with Crippen LogP contribution < -0.4 is 5.32 Å². The molecule has 14 heavy (non-hydrogen) atoms. The number of hydrogen-bond donors (Lipinski definition) is 1. The Morgan fingerprint density at radius 1 is 1.57 bits per heavy atom. The van der Waals surface area contributed by atoms with Crippen molar-refractivity contribution in [3.8, 4) is 0 Å². The molecule has 2 fully saturated rings. The molecule has 1 spiro atoms. The molecule has 0 unspecified atom stereocenters. The fraction of sp³-hybridized carbons (Fsp3) is 0.727. The van der Waals surface area contributed by atoms with Crippen LogP contribution in [0.15, 0.2) is 12.7 Å². The zero-order chi connectivity index (χ0) is 10.0. The van der Waals surface area contributed by atoms with Gasteiger partial charge in [0.05, 0.1) is 5.41 Å². The smallest absolute Gasteiger partial charge is 0.230 e. The van der Waals surface area contributed by atoms with Gasteiger partial charge in [0.15, 0.2) is 0 Å². The van der Waals surface area contributed by atoms with Crippen molar-refractivity contribution < 1.29 is 4.79 Å². The van der Waals surface area contributed by atoms with Crippen molar-refractivity contribution >= 4 is 5.91 Å². The van der Waals surface area contributed by atoms with Crippen LogP contribution >= 0.6 is 0 Å². The van der Waals surface area contributed by atoms with Crippen LogP contribution in [-0.2, 0) is 4.79 Å². The molecule has 1 amide bonds. The van der Waals surface area contributed by atoms with Crippen LogP contribution in [0.2, 0.25) is 0 Å². The van der Waals surface area contributed by atoms with Gasteiger partial charge in [0.25, 0.3) is 0 Å². The minimum Gasteiger partial charge on any atom is -0.338 e. The largest absolute Gasteiger partial charge is 0.338 e. The van der Waals surface area contributed by atoms with Gasteiger partial charge in [0.2, 0.25) is 5.91 Å². The van der Waals surface area contributed by atoms with E-state index in [0.717, 1.165) is 38.9 Å². The average Bonchev–Trinajstić information content (AvgIpc) is 2.50. The summed E-state index contributed by atoms with van der Waals surface area (Å²) in [7, 11) is 0. The lowest BCUT2D eigenvalue weighted by atomic mass is 9.79. The molecule has 2 rings (SSSR count). The predicted molar refractivity (Wildman–Crippen MR) is 55.9 cm³/mol. The van der Waals surface area contributed by atoms with E-state index in [9.17, 15) is 4.79 Å². The van der Waals surface area contributed by atoms with Crippen LogP contribution in [0.4, 0.5) is 0 Å². The molecule has 1 atom stereocenters. The molecular weight excluding hydrogens is 176 g/mol. The third-order valence-electron chi connectivity index (χ3n) is 3.42. The molecule has 3 nitrogen and oxygen atoms in total. The van der Waals surface area contributed by atoms with E-state index in [4.69, 9.17) is 0 Å². The van der Waals surface area contributed by atoms with Crippen LogP contribution in [-0.4, -0.2) is 37.0 Å². The number of nitrogens with zero attached hydrogens (tertiary/aromatic N) is 1. The number of piperidine rings is 1. The molecule has 3 heteroatoms. The predicted octanol–water partition coefficient (Wildman–Crippen LogP) is 0.774. The highest BCUT2D eigenvalue weighted by molar-refractivity contribution is 5.85. The number of carbonyl (C=O) groups excluding carboxylic acids is 1. The summed E-state index contributed by atoms with van der Waals surface area (Å²) in [6, 6.07) is 0. The van der Waals surface area contributed by atoms with Gasteiger partial charge in [-0.2, -0.15) is 0 Å². The van der Waals surface area contributed by atoms with Crippen molar-refractivity contribution in [2.45, 2.75) is 19.3 Å². The summed E-state index contributed by atoms with van der Waals surface area (Å²) in [6.45, 7) is 7.24. The molecule has 2 saturated heterocycles. The van der Waals surface area contributed by atoms with Crippen LogP contribution in [0.25, 0.3) is 0 Å². The molecule has 0 aromatic carbocycles. The summed E-state index contributed by atoms with van der Waals surface area (Å²) in [5.74, 6) is 0.338. The van der Waals surface area contributed by atoms with Crippen molar-refractivity contribution in [3.05, 3.63) is 12.7 Å². The zero-order valence-electron chi connectivity index (χ0n) is 8.59. The topological polar surface area (TPSA) is 32.3 Å². The fourth-order valence-electron chi connectivity index (χ4n) is 2.59. The Morgan fingerprint density at radius 3 is 3.07 bits per heavy atom. The van der Waals surface area contributed by atoms with E-state index < -0.39 is 0 Å². The van der Waals surface area contributed by atoms with Crippen molar-refractivity contribution in [1.82, 2.24) is 10.2 Å². The molecule has 0 aromatic rings. The van der Waals surface area contributed by atoms with Crippen molar-refractivity contribution in [2.24, 2.45) is 5.41 Å². The quantitative estimate of drug-likeness (QED) is 0.659. The second-order valence-electron chi connectivity index (χ2n) is 4.35. The average molecular weight is 194 g/mol. The van der Waals surface area contributed by atoms with Crippen molar-refractivity contribution in [2.75, 3.05) is 26.2 Å². The van der Waals surface area contributed by atoms with Crippen LogP contribution in [0.3, 0.4) is 0 Å². The first-order chi connectivity index (χ1) is 6.78. The molecule has 0 bridgehead atoms. The molecule has 0 aromatic heterocycles. The Morgan fingerprint density at radius 2 is 2.43 bits per heavy atom. The Bertz CT molecular complexity index is 244. The lowest BCUT2D eigenvalue weighted by molar-refractivity contribution is -0.136. The normalized spacial score (nSPS) is 32.6. The summed E-state index contributed by atoms with van der Waals surface area (Å²) < 4.78 is 0. The highest BCUT2D eigenvalue weighted by Crippen LogP contribution is 2.37. The van der Waals surface area contributed by atoms with E-state index in [1.807, 2.05) is 11.0 Å². The summed E-state index contributed by atoms with van der Waals surface area (Å²) >= 11 is 0. The SMILES string of the molecule is C=CCN1CC[C@@]2(CCCNC2)C1=O. The van der Waals surface area contributed by atoms with E-state index in [1.165, 1.54) is 0 Å². The van der Waals surface area contributed by atoms with Crippen LogP contribution in [0.5, 0.6) is 0 Å². The summed E-state index contributed by atoms with van der Waals surface area (Å²) in [5.41, 5.74) is -0.0682. The summed E-state index contributed by atoms with van der Waals surface area (Å²) in [5, 5.41) is 3.34.